The Balaban J connectivity index is 2.15. The molecule has 14 heavy (non-hydrogen) atoms. The molecule has 1 fully saturated rings. The first-order chi connectivity index (χ1) is 6.92. The van der Waals surface area contributed by atoms with Crippen LogP contribution in [0.2, 0.25) is 0 Å². The summed E-state index contributed by atoms with van der Waals surface area (Å²) in [6.07, 6.45) is 7.17. The van der Waals surface area contributed by atoms with Crippen LogP contribution < -0.4 is 4.90 Å². The summed E-state index contributed by atoms with van der Waals surface area (Å²) in [4.78, 5) is 6.37. The number of hydrogen-bond donors (Lipinski definition) is 1. The Labute approximate surface area is 84.4 Å². The maximum Gasteiger partial charge on any atom is 0.0635 e. The lowest BCUT2D eigenvalue weighted by Crippen LogP contribution is -2.41. The number of nitrogens with zero attached hydrogens (tertiary/aromatic N) is 2. The van der Waals surface area contributed by atoms with Gasteiger partial charge >= 0.3 is 0 Å². The third-order valence-corrected chi connectivity index (χ3v) is 2.82. The van der Waals surface area contributed by atoms with Crippen LogP contribution in [-0.2, 0) is 0 Å². The van der Waals surface area contributed by atoms with Gasteiger partial charge in [-0.3, -0.25) is 4.98 Å². The topological polar surface area (TPSA) is 36.4 Å². The molecule has 0 saturated carbocycles. The van der Waals surface area contributed by atoms with Crippen LogP contribution in [0, 0.1) is 0 Å². The lowest BCUT2D eigenvalue weighted by molar-refractivity contribution is 0.240. The number of anilines is 1. The number of rotatable bonds is 2. The van der Waals surface area contributed by atoms with Gasteiger partial charge in [0.1, 0.15) is 0 Å². The Bertz CT molecular complexity index is 276. The van der Waals surface area contributed by atoms with Crippen molar-refractivity contribution in [2.45, 2.75) is 25.3 Å². The van der Waals surface area contributed by atoms with E-state index in [0.29, 0.717) is 0 Å². The van der Waals surface area contributed by atoms with Crippen LogP contribution >= 0.6 is 0 Å². The first kappa shape index (κ1) is 9.46. The molecule has 3 nitrogen and oxygen atoms in total. The predicted molar refractivity (Wildman–Crippen MR) is 56.3 cm³/mol. The maximum absolute atomic E-state index is 9.26. The summed E-state index contributed by atoms with van der Waals surface area (Å²) in [5.41, 5.74) is 1.13. The summed E-state index contributed by atoms with van der Waals surface area (Å²) in [7, 11) is 0. The summed E-state index contributed by atoms with van der Waals surface area (Å²) in [5, 5.41) is 9.26. The van der Waals surface area contributed by atoms with Crippen molar-refractivity contribution in [3.8, 4) is 0 Å². The quantitative estimate of drug-likeness (QED) is 0.770. The fourth-order valence-electron chi connectivity index (χ4n) is 2.05. The molecule has 0 aromatic carbocycles. The molecule has 1 aromatic rings. The first-order valence-electron chi connectivity index (χ1n) is 5.19. The minimum absolute atomic E-state index is 0.245. The van der Waals surface area contributed by atoms with Gasteiger partial charge in [0.2, 0.25) is 0 Å². The summed E-state index contributed by atoms with van der Waals surface area (Å²) in [6, 6.07) is 4.28. The number of aromatic nitrogens is 1. The van der Waals surface area contributed by atoms with Gasteiger partial charge in [0.15, 0.2) is 0 Å². The van der Waals surface area contributed by atoms with E-state index in [1.54, 1.807) is 6.20 Å². The zero-order valence-electron chi connectivity index (χ0n) is 8.26. The van der Waals surface area contributed by atoms with Crippen molar-refractivity contribution in [2.24, 2.45) is 0 Å². The summed E-state index contributed by atoms with van der Waals surface area (Å²) in [6.45, 7) is 1.28. The van der Waals surface area contributed by atoms with Crippen molar-refractivity contribution < 1.29 is 5.11 Å². The van der Waals surface area contributed by atoms with Gasteiger partial charge in [-0.2, -0.15) is 0 Å². The van der Waals surface area contributed by atoms with E-state index in [1.807, 2.05) is 12.3 Å². The molecule has 0 amide bonds. The van der Waals surface area contributed by atoms with Crippen molar-refractivity contribution in [2.75, 3.05) is 18.1 Å². The van der Waals surface area contributed by atoms with Gasteiger partial charge in [0.25, 0.3) is 0 Å². The molecule has 1 atom stereocenters. The van der Waals surface area contributed by atoms with Gasteiger partial charge in [-0.15, -0.1) is 0 Å². The number of piperidine rings is 1. The van der Waals surface area contributed by atoms with Crippen molar-refractivity contribution in [1.82, 2.24) is 4.98 Å². The predicted octanol–water partition coefficient (Wildman–Crippen LogP) is 1.43. The second-order valence-electron chi connectivity index (χ2n) is 3.74. The molecule has 1 aromatic heterocycles. The zero-order valence-corrected chi connectivity index (χ0v) is 8.26. The monoisotopic (exact) mass is 192 g/mol. The van der Waals surface area contributed by atoms with Crippen LogP contribution in [0.4, 0.5) is 5.69 Å². The highest BCUT2D eigenvalue weighted by Gasteiger charge is 2.21. The Morgan fingerprint density at radius 2 is 2.43 bits per heavy atom. The average Bonchev–Trinajstić information content (AvgIpc) is 2.30. The maximum atomic E-state index is 9.26. The minimum atomic E-state index is 0.245. The molecule has 0 spiro atoms. The summed E-state index contributed by atoms with van der Waals surface area (Å²) in [5.74, 6) is 0. The molecule has 1 unspecified atom stereocenters. The number of pyridine rings is 1. The van der Waals surface area contributed by atoms with E-state index in [1.165, 1.54) is 12.8 Å². The van der Waals surface area contributed by atoms with E-state index >= 15 is 0 Å². The van der Waals surface area contributed by atoms with E-state index < -0.39 is 0 Å². The summed E-state index contributed by atoms with van der Waals surface area (Å²) >= 11 is 0. The molecule has 3 heteroatoms. The highest BCUT2D eigenvalue weighted by molar-refractivity contribution is 5.45. The van der Waals surface area contributed by atoms with Gasteiger partial charge in [0.05, 0.1) is 24.5 Å². The molecule has 1 aliphatic rings. The number of hydrogen-bond acceptors (Lipinski definition) is 3. The van der Waals surface area contributed by atoms with Crippen molar-refractivity contribution >= 4 is 5.69 Å². The van der Waals surface area contributed by atoms with E-state index in [4.69, 9.17) is 0 Å². The standard InChI is InChI=1S/C11H16N2O/c14-9-11-4-1-2-7-13(11)10-5-3-6-12-8-10/h3,5-6,8,11,14H,1-2,4,7,9H2. The lowest BCUT2D eigenvalue weighted by Gasteiger charge is -2.36. The Morgan fingerprint density at radius 1 is 1.50 bits per heavy atom. The molecule has 76 valence electrons. The third-order valence-electron chi connectivity index (χ3n) is 2.82. The van der Waals surface area contributed by atoms with Crippen LogP contribution in [0.3, 0.4) is 0 Å². The molecule has 0 bridgehead atoms. The minimum Gasteiger partial charge on any atom is -0.394 e. The lowest BCUT2D eigenvalue weighted by atomic mass is 10.0. The molecule has 1 saturated heterocycles. The second kappa shape index (κ2) is 4.42. The fraction of sp³-hybridized carbons (Fsp3) is 0.545. The van der Waals surface area contributed by atoms with Gasteiger partial charge in [-0.25, -0.2) is 0 Å². The van der Waals surface area contributed by atoms with E-state index in [9.17, 15) is 5.11 Å². The van der Waals surface area contributed by atoms with E-state index in [2.05, 4.69) is 16.0 Å². The van der Waals surface area contributed by atoms with Gasteiger partial charge in [-0.1, -0.05) is 0 Å². The Hall–Kier alpha value is -1.09. The molecule has 1 aliphatic heterocycles. The van der Waals surface area contributed by atoms with Gasteiger partial charge in [0, 0.05) is 12.7 Å². The number of aliphatic hydroxyl groups excluding tert-OH is 1. The Kier molecular flexibility index (Phi) is 2.99. The molecular formula is C11H16N2O. The highest BCUT2D eigenvalue weighted by Crippen LogP contribution is 2.23. The molecule has 0 aliphatic carbocycles. The normalized spacial score (nSPS) is 22.4. The van der Waals surface area contributed by atoms with E-state index in [-0.39, 0.29) is 12.6 Å². The first-order valence-corrected chi connectivity index (χ1v) is 5.19. The second-order valence-corrected chi connectivity index (χ2v) is 3.74. The zero-order chi connectivity index (χ0) is 9.80. The van der Waals surface area contributed by atoms with Crippen LogP contribution in [-0.4, -0.2) is 29.3 Å². The largest absolute Gasteiger partial charge is 0.394 e. The van der Waals surface area contributed by atoms with Crippen molar-refractivity contribution in [1.29, 1.82) is 0 Å². The van der Waals surface area contributed by atoms with Gasteiger partial charge in [-0.05, 0) is 31.4 Å². The molecule has 0 radical (unpaired) electrons. The summed E-state index contributed by atoms with van der Waals surface area (Å²) < 4.78 is 0. The molecule has 1 N–H and O–H groups in total. The molecular weight excluding hydrogens is 176 g/mol. The van der Waals surface area contributed by atoms with Crippen molar-refractivity contribution in [3.05, 3.63) is 24.5 Å². The van der Waals surface area contributed by atoms with E-state index in [0.717, 1.165) is 18.7 Å². The van der Waals surface area contributed by atoms with Crippen LogP contribution in [0.15, 0.2) is 24.5 Å². The van der Waals surface area contributed by atoms with Crippen LogP contribution in [0.1, 0.15) is 19.3 Å². The smallest absolute Gasteiger partial charge is 0.0635 e. The molecule has 2 rings (SSSR count). The van der Waals surface area contributed by atoms with Crippen LogP contribution in [0.5, 0.6) is 0 Å². The Morgan fingerprint density at radius 3 is 3.14 bits per heavy atom. The van der Waals surface area contributed by atoms with Gasteiger partial charge < -0.3 is 10.0 Å². The SMILES string of the molecule is OCC1CCCCN1c1cccnc1. The fourth-order valence-corrected chi connectivity index (χ4v) is 2.05. The van der Waals surface area contributed by atoms with Crippen molar-refractivity contribution in [3.63, 3.8) is 0 Å². The average molecular weight is 192 g/mol. The number of aliphatic hydroxyl groups is 1. The third kappa shape index (κ3) is 1.87. The molecule has 2 heterocycles. The van der Waals surface area contributed by atoms with Crippen LogP contribution in [0.25, 0.3) is 0 Å². The highest BCUT2D eigenvalue weighted by atomic mass is 16.3.